The lowest BCUT2D eigenvalue weighted by Crippen LogP contribution is -2.40. The van der Waals surface area contributed by atoms with Gasteiger partial charge >= 0.3 is 0 Å². The third kappa shape index (κ3) is 6.78. The fourth-order valence-electron chi connectivity index (χ4n) is 3.46. The van der Waals surface area contributed by atoms with E-state index >= 15 is 0 Å². The Hall–Kier alpha value is -1.65. The molecule has 0 radical (unpaired) electrons. The van der Waals surface area contributed by atoms with Crippen molar-refractivity contribution in [1.29, 1.82) is 0 Å². The summed E-state index contributed by atoms with van der Waals surface area (Å²) < 4.78 is 5.30. The van der Waals surface area contributed by atoms with Gasteiger partial charge in [-0.05, 0) is 63.1 Å². The molecule has 2 heterocycles. The lowest BCUT2D eigenvalue weighted by Gasteiger charge is -2.26. The van der Waals surface area contributed by atoms with Crippen molar-refractivity contribution in [3.63, 3.8) is 0 Å². The normalized spacial score (nSPS) is 14.5. The highest BCUT2D eigenvalue weighted by Gasteiger charge is 2.15. The van der Waals surface area contributed by atoms with Gasteiger partial charge in [-0.1, -0.05) is 29.8 Å². The Balaban J connectivity index is 1.30. The zero-order valence-corrected chi connectivity index (χ0v) is 17.2. The van der Waals surface area contributed by atoms with Crippen molar-refractivity contribution < 1.29 is 9.53 Å². The monoisotopic (exact) mass is 385 g/mol. The number of hydrogen-bond donors (Lipinski definition) is 0. The average molecular weight is 386 g/mol. The summed E-state index contributed by atoms with van der Waals surface area (Å²) in [5.41, 5.74) is 2.76. The number of ether oxygens (including phenoxy) is 1. The minimum absolute atomic E-state index is 0.293. The molecular formula is C23H31NO2S. The first-order chi connectivity index (χ1) is 13.2. The second-order valence-electron chi connectivity index (χ2n) is 7.41. The van der Waals surface area contributed by atoms with E-state index in [-0.39, 0.29) is 0 Å². The molecule has 27 heavy (non-hydrogen) atoms. The third-order valence-corrected chi connectivity index (χ3v) is 6.36. The van der Waals surface area contributed by atoms with Gasteiger partial charge < -0.3 is 9.64 Å². The first-order valence-corrected chi connectivity index (χ1v) is 11.0. The summed E-state index contributed by atoms with van der Waals surface area (Å²) >= 11 is 1.95. The summed E-state index contributed by atoms with van der Waals surface area (Å²) in [5, 5.41) is 0. The number of amides is 1. The van der Waals surface area contributed by atoms with Gasteiger partial charge in [0.25, 0.3) is 0 Å². The molecule has 3 rings (SSSR count). The first kappa shape index (κ1) is 20.1. The number of carbonyl (C=O) groups excluding carboxylic acids is 1. The number of nitrogens with zero attached hydrogens (tertiary/aromatic N) is 1. The summed E-state index contributed by atoms with van der Waals surface area (Å²) in [6.07, 6.45) is 7.37. The molecule has 4 heteroatoms. The number of thiophene rings is 1. The van der Waals surface area contributed by atoms with Crippen LogP contribution >= 0.6 is 11.3 Å². The van der Waals surface area contributed by atoms with E-state index in [9.17, 15) is 4.79 Å². The predicted molar refractivity (Wildman–Crippen MR) is 112 cm³/mol. The number of rotatable bonds is 9. The van der Waals surface area contributed by atoms with Gasteiger partial charge in [-0.25, -0.2) is 0 Å². The maximum atomic E-state index is 12.1. The van der Waals surface area contributed by atoms with E-state index in [4.69, 9.17) is 4.74 Å². The van der Waals surface area contributed by atoms with Crippen molar-refractivity contribution in [2.24, 2.45) is 0 Å². The van der Waals surface area contributed by atoms with Crippen molar-refractivity contribution >= 4 is 17.2 Å². The smallest absolute Gasteiger partial charge is 0.222 e. The Morgan fingerprint density at radius 2 is 1.59 bits per heavy atom. The fraction of sp³-hybridized carbons (Fsp3) is 0.522. The van der Waals surface area contributed by atoms with Crippen LogP contribution in [0.1, 0.15) is 46.6 Å². The van der Waals surface area contributed by atoms with Crippen molar-refractivity contribution in [3.05, 3.63) is 57.3 Å². The van der Waals surface area contributed by atoms with E-state index in [1.165, 1.54) is 27.3 Å². The van der Waals surface area contributed by atoms with E-state index < -0.39 is 0 Å². The second-order valence-corrected chi connectivity index (χ2v) is 8.66. The molecule has 1 saturated heterocycles. The van der Waals surface area contributed by atoms with E-state index in [1.807, 2.05) is 16.2 Å². The molecule has 1 aliphatic rings. The minimum atomic E-state index is 0.293. The molecule has 0 saturated carbocycles. The number of morpholine rings is 1. The quantitative estimate of drug-likeness (QED) is 0.580. The third-order valence-electron chi connectivity index (χ3n) is 5.15. The molecule has 1 amide bonds. The molecule has 146 valence electrons. The number of carbonyl (C=O) groups is 1. The highest BCUT2D eigenvalue weighted by Crippen LogP contribution is 2.21. The lowest BCUT2D eigenvalue weighted by molar-refractivity contribution is -0.135. The minimum Gasteiger partial charge on any atom is -0.378 e. The molecule has 2 aromatic rings. The molecule has 1 aliphatic heterocycles. The Bertz CT molecular complexity index is 701. The SMILES string of the molecule is Cc1ccc(CCCc2ccc(CCCCC(=O)N3CCOCC3)s2)cc1. The van der Waals surface area contributed by atoms with Crippen LogP contribution in [0.4, 0.5) is 0 Å². The zero-order chi connectivity index (χ0) is 18.9. The molecule has 0 atom stereocenters. The van der Waals surface area contributed by atoms with Gasteiger partial charge in [0.2, 0.25) is 5.91 Å². The highest BCUT2D eigenvalue weighted by atomic mass is 32.1. The Kier molecular flexibility index (Phi) is 7.91. The van der Waals surface area contributed by atoms with Gasteiger partial charge in [0.15, 0.2) is 0 Å². The highest BCUT2D eigenvalue weighted by molar-refractivity contribution is 7.11. The molecular weight excluding hydrogens is 354 g/mol. The number of aryl methyl sites for hydroxylation is 4. The lowest BCUT2D eigenvalue weighted by atomic mass is 10.1. The van der Waals surface area contributed by atoms with Gasteiger partial charge in [0.05, 0.1) is 13.2 Å². The second kappa shape index (κ2) is 10.6. The molecule has 1 aromatic heterocycles. The summed E-state index contributed by atoms with van der Waals surface area (Å²) in [6, 6.07) is 13.4. The van der Waals surface area contributed by atoms with Crippen LogP contribution in [0.5, 0.6) is 0 Å². The van der Waals surface area contributed by atoms with Crippen LogP contribution in [0, 0.1) is 6.92 Å². The van der Waals surface area contributed by atoms with Crippen molar-refractivity contribution in [2.45, 2.75) is 51.9 Å². The van der Waals surface area contributed by atoms with Crippen LogP contribution in [0.25, 0.3) is 0 Å². The van der Waals surface area contributed by atoms with Gasteiger partial charge in [0, 0.05) is 29.3 Å². The van der Waals surface area contributed by atoms with Crippen molar-refractivity contribution in [2.75, 3.05) is 26.3 Å². The van der Waals surface area contributed by atoms with E-state index in [0.29, 0.717) is 25.5 Å². The molecule has 3 nitrogen and oxygen atoms in total. The van der Waals surface area contributed by atoms with Gasteiger partial charge in [-0.15, -0.1) is 11.3 Å². The topological polar surface area (TPSA) is 29.5 Å². The molecule has 0 unspecified atom stereocenters. The number of hydrogen-bond acceptors (Lipinski definition) is 3. The predicted octanol–water partition coefficient (Wildman–Crippen LogP) is 4.80. The number of benzene rings is 1. The summed E-state index contributed by atoms with van der Waals surface area (Å²) in [5.74, 6) is 0.293. The maximum Gasteiger partial charge on any atom is 0.222 e. The van der Waals surface area contributed by atoms with Crippen LogP contribution in [0.15, 0.2) is 36.4 Å². The largest absolute Gasteiger partial charge is 0.378 e. The van der Waals surface area contributed by atoms with Crippen molar-refractivity contribution in [3.8, 4) is 0 Å². The first-order valence-electron chi connectivity index (χ1n) is 10.2. The molecule has 0 N–H and O–H groups in total. The van der Waals surface area contributed by atoms with Gasteiger partial charge in [0.1, 0.15) is 0 Å². The summed E-state index contributed by atoms with van der Waals surface area (Å²) in [7, 11) is 0. The summed E-state index contributed by atoms with van der Waals surface area (Å²) in [4.78, 5) is 17.0. The van der Waals surface area contributed by atoms with Gasteiger partial charge in [-0.3, -0.25) is 4.79 Å². The van der Waals surface area contributed by atoms with Crippen LogP contribution in [-0.4, -0.2) is 37.1 Å². The molecule has 1 aromatic carbocycles. The molecule has 0 aliphatic carbocycles. The van der Waals surface area contributed by atoms with Crippen LogP contribution in [0.3, 0.4) is 0 Å². The number of unbranched alkanes of at least 4 members (excludes halogenated alkanes) is 1. The van der Waals surface area contributed by atoms with Gasteiger partial charge in [-0.2, -0.15) is 0 Å². The standard InChI is InChI=1S/C23H31NO2S/c1-19-9-11-20(12-10-19)5-4-7-22-14-13-21(27-22)6-2-3-8-23(25)24-15-17-26-18-16-24/h9-14H,2-8,15-18H2,1H3. The fourth-order valence-corrected chi connectivity index (χ4v) is 4.56. The van der Waals surface area contributed by atoms with E-state index in [2.05, 4.69) is 43.3 Å². The zero-order valence-electron chi connectivity index (χ0n) is 16.4. The summed E-state index contributed by atoms with van der Waals surface area (Å²) in [6.45, 7) is 5.03. The van der Waals surface area contributed by atoms with Crippen LogP contribution in [0.2, 0.25) is 0 Å². The van der Waals surface area contributed by atoms with E-state index in [0.717, 1.165) is 45.2 Å². The Morgan fingerprint density at radius 3 is 2.30 bits per heavy atom. The Morgan fingerprint density at radius 1 is 0.926 bits per heavy atom. The Labute approximate surface area is 167 Å². The van der Waals surface area contributed by atoms with Crippen LogP contribution in [-0.2, 0) is 28.8 Å². The molecule has 1 fully saturated rings. The van der Waals surface area contributed by atoms with Crippen molar-refractivity contribution in [1.82, 2.24) is 4.90 Å². The maximum absolute atomic E-state index is 12.1. The average Bonchev–Trinajstić information content (AvgIpc) is 3.15. The van der Waals surface area contributed by atoms with Crippen LogP contribution < -0.4 is 0 Å². The molecule has 0 bridgehead atoms. The molecule has 0 spiro atoms. The van der Waals surface area contributed by atoms with E-state index in [1.54, 1.807) is 0 Å².